The summed E-state index contributed by atoms with van der Waals surface area (Å²) in [5.41, 5.74) is 2.62. The van der Waals surface area contributed by atoms with Crippen molar-refractivity contribution >= 4 is 34.5 Å². The van der Waals surface area contributed by atoms with Gasteiger partial charge in [-0.05, 0) is 50.3 Å². The molecular formula is C25H34FN5O2S. The van der Waals surface area contributed by atoms with Crippen LogP contribution in [0.25, 0.3) is 5.57 Å². The number of hydrogen-bond donors (Lipinski definition) is 1. The number of carbonyl (C=O) groups excluding carboxylic acids is 1. The number of ether oxygens (including phenoxy) is 1. The normalized spacial score (nSPS) is 17.8. The number of carbonyl (C=O) groups is 1. The number of hydrazone groups is 1. The van der Waals surface area contributed by atoms with Crippen LogP contribution in [-0.2, 0) is 9.53 Å². The van der Waals surface area contributed by atoms with Gasteiger partial charge in [0.25, 0.3) is 5.91 Å². The molecule has 0 saturated carbocycles. The number of benzene rings is 1. The van der Waals surface area contributed by atoms with E-state index in [2.05, 4.69) is 47.7 Å². The first-order valence-corrected chi connectivity index (χ1v) is 12.6. The molecule has 0 spiro atoms. The van der Waals surface area contributed by atoms with Crippen molar-refractivity contribution in [1.82, 2.24) is 15.2 Å². The predicted octanol–water partition coefficient (Wildman–Crippen LogP) is 3.40. The summed E-state index contributed by atoms with van der Waals surface area (Å²) in [6.45, 7) is 15.2. The van der Waals surface area contributed by atoms with Gasteiger partial charge in [0.15, 0.2) is 0 Å². The van der Waals surface area contributed by atoms with Gasteiger partial charge in [-0.15, -0.1) is 11.8 Å². The van der Waals surface area contributed by atoms with Crippen LogP contribution >= 0.6 is 11.8 Å². The Morgan fingerprint density at radius 3 is 2.56 bits per heavy atom. The van der Waals surface area contributed by atoms with E-state index in [1.807, 2.05) is 11.3 Å². The topological polar surface area (TPSA) is 69.5 Å². The van der Waals surface area contributed by atoms with Gasteiger partial charge in [0.1, 0.15) is 16.6 Å². The molecule has 1 N–H and O–H groups in total. The Bertz CT molecular complexity index is 976. The fraction of sp³-hybridized carbons (Fsp3) is 0.480. The average Bonchev–Trinajstić information content (AvgIpc) is 2.82. The van der Waals surface area contributed by atoms with E-state index < -0.39 is 0 Å². The molecule has 2 aliphatic heterocycles. The first kappa shape index (κ1) is 26.1. The minimum atomic E-state index is -0.298. The Hall–Kier alpha value is -2.49. The molecule has 34 heavy (non-hydrogen) atoms. The number of nitrogens with one attached hydrogen (secondary N) is 1. The summed E-state index contributed by atoms with van der Waals surface area (Å²) >= 11 is 1.42. The van der Waals surface area contributed by atoms with Crippen LogP contribution in [0.2, 0.25) is 0 Å². The minimum absolute atomic E-state index is 0.143. The molecule has 0 aliphatic carbocycles. The van der Waals surface area contributed by atoms with Crippen molar-refractivity contribution in [1.29, 1.82) is 0 Å². The molecule has 1 amide bonds. The third-order valence-electron chi connectivity index (χ3n) is 5.67. The lowest BCUT2D eigenvalue weighted by atomic mass is 9.97. The highest BCUT2D eigenvalue weighted by molar-refractivity contribution is 8.14. The van der Waals surface area contributed by atoms with Crippen molar-refractivity contribution in [3.8, 4) is 0 Å². The zero-order valence-corrected chi connectivity index (χ0v) is 21.3. The molecule has 0 bridgehead atoms. The molecule has 9 heteroatoms. The standard InChI is InChI=1S/C25H34FN5O2S/c1-18(23(32)27-10-11-30-12-14-33-15-13-30)29-24(34-5)21-16-28-31(25(2,3)4)17-22(21)19-6-8-20(26)9-7-19/h6-9,16H,1,10-15,17H2,2-5H3,(H,27,32)/b29-24-. The zero-order valence-electron chi connectivity index (χ0n) is 20.4. The predicted molar refractivity (Wildman–Crippen MR) is 139 cm³/mol. The fourth-order valence-corrected chi connectivity index (χ4v) is 4.21. The van der Waals surface area contributed by atoms with Gasteiger partial charge >= 0.3 is 0 Å². The molecule has 1 aromatic carbocycles. The van der Waals surface area contributed by atoms with Crippen LogP contribution in [-0.4, -0.2) is 84.8 Å². The largest absolute Gasteiger partial charge is 0.379 e. The van der Waals surface area contributed by atoms with Gasteiger partial charge in [-0.2, -0.15) is 5.10 Å². The first-order chi connectivity index (χ1) is 16.2. The molecule has 3 rings (SSSR count). The molecule has 184 valence electrons. The molecule has 2 aliphatic rings. The highest BCUT2D eigenvalue weighted by Gasteiger charge is 2.27. The quantitative estimate of drug-likeness (QED) is 0.363. The van der Waals surface area contributed by atoms with E-state index in [1.54, 1.807) is 18.3 Å². The summed E-state index contributed by atoms with van der Waals surface area (Å²) in [5.74, 6) is -0.586. The molecule has 0 aromatic heterocycles. The number of aliphatic imine (C=N–C) groups is 1. The van der Waals surface area contributed by atoms with E-state index in [-0.39, 0.29) is 23.0 Å². The second kappa shape index (κ2) is 11.8. The number of nitrogens with zero attached hydrogens (tertiary/aromatic N) is 4. The molecule has 1 aromatic rings. The lowest BCUT2D eigenvalue weighted by Crippen LogP contribution is -2.41. The van der Waals surface area contributed by atoms with Crippen LogP contribution in [0.15, 0.2) is 52.2 Å². The van der Waals surface area contributed by atoms with Crippen molar-refractivity contribution in [2.24, 2.45) is 10.1 Å². The molecule has 7 nitrogen and oxygen atoms in total. The SMILES string of the molecule is C=C(/N=C(\SC)C1=C(c2ccc(F)cc2)CN(C(C)(C)C)N=C1)C(=O)NCCN1CCOCC1. The van der Waals surface area contributed by atoms with Gasteiger partial charge in [0.2, 0.25) is 0 Å². The zero-order chi connectivity index (χ0) is 24.7. The molecule has 1 saturated heterocycles. The van der Waals surface area contributed by atoms with Crippen LogP contribution in [0.3, 0.4) is 0 Å². The number of morpholine rings is 1. The van der Waals surface area contributed by atoms with Gasteiger partial charge in [-0.3, -0.25) is 14.7 Å². The maximum atomic E-state index is 13.6. The van der Waals surface area contributed by atoms with Crippen molar-refractivity contribution in [2.45, 2.75) is 26.3 Å². The van der Waals surface area contributed by atoms with E-state index in [0.717, 1.165) is 49.6 Å². The van der Waals surface area contributed by atoms with Crippen LogP contribution in [0.4, 0.5) is 4.39 Å². The van der Waals surface area contributed by atoms with Gasteiger partial charge in [-0.1, -0.05) is 18.7 Å². The van der Waals surface area contributed by atoms with Crippen molar-refractivity contribution in [3.63, 3.8) is 0 Å². The van der Waals surface area contributed by atoms with Gasteiger partial charge < -0.3 is 10.1 Å². The number of amides is 1. The molecule has 0 atom stereocenters. The first-order valence-electron chi connectivity index (χ1n) is 11.4. The third kappa shape index (κ3) is 7.01. The molecular weight excluding hydrogens is 453 g/mol. The summed E-state index contributed by atoms with van der Waals surface area (Å²) < 4.78 is 18.9. The summed E-state index contributed by atoms with van der Waals surface area (Å²) in [5, 5.41) is 10.2. The maximum absolute atomic E-state index is 13.6. The molecule has 0 unspecified atom stereocenters. The number of thioether (sulfide) groups is 1. The van der Waals surface area contributed by atoms with E-state index in [4.69, 9.17) is 4.74 Å². The second-order valence-corrected chi connectivity index (χ2v) is 9.94. The van der Waals surface area contributed by atoms with Gasteiger partial charge in [0, 0.05) is 37.3 Å². The average molecular weight is 488 g/mol. The molecule has 0 radical (unpaired) electrons. The number of hydrogen-bond acceptors (Lipinski definition) is 7. The fourth-order valence-electron chi connectivity index (χ4n) is 3.62. The minimum Gasteiger partial charge on any atom is -0.379 e. The van der Waals surface area contributed by atoms with Crippen molar-refractivity contribution in [3.05, 3.63) is 53.5 Å². The highest BCUT2D eigenvalue weighted by Crippen LogP contribution is 2.30. The second-order valence-electron chi connectivity index (χ2n) is 9.15. The molecule has 2 heterocycles. The summed E-state index contributed by atoms with van der Waals surface area (Å²) in [4.78, 5) is 19.4. The Balaban J connectivity index is 1.79. The Kier molecular flexibility index (Phi) is 9.04. The van der Waals surface area contributed by atoms with Crippen LogP contribution in [0.1, 0.15) is 26.3 Å². The van der Waals surface area contributed by atoms with Gasteiger partial charge in [-0.25, -0.2) is 9.38 Å². The third-order valence-corrected chi connectivity index (χ3v) is 6.36. The monoisotopic (exact) mass is 487 g/mol. The Morgan fingerprint density at radius 1 is 1.26 bits per heavy atom. The van der Waals surface area contributed by atoms with Crippen LogP contribution < -0.4 is 5.32 Å². The van der Waals surface area contributed by atoms with E-state index in [9.17, 15) is 9.18 Å². The summed E-state index contributed by atoms with van der Waals surface area (Å²) in [6.07, 6.45) is 3.67. The smallest absolute Gasteiger partial charge is 0.269 e. The van der Waals surface area contributed by atoms with Crippen LogP contribution in [0.5, 0.6) is 0 Å². The van der Waals surface area contributed by atoms with E-state index in [1.165, 1.54) is 23.9 Å². The maximum Gasteiger partial charge on any atom is 0.269 e. The van der Waals surface area contributed by atoms with Gasteiger partial charge in [0.05, 0.1) is 26.0 Å². The molecule has 1 fully saturated rings. The van der Waals surface area contributed by atoms with E-state index in [0.29, 0.717) is 18.1 Å². The van der Waals surface area contributed by atoms with Crippen molar-refractivity contribution in [2.75, 3.05) is 52.2 Å². The summed E-state index contributed by atoms with van der Waals surface area (Å²) in [7, 11) is 0. The Morgan fingerprint density at radius 2 is 1.94 bits per heavy atom. The number of halogens is 1. The van der Waals surface area contributed by atoms with Crippen LogP contribution in [0, 0.1) is 5.82 Å². The lowest BCUT2D eigenvalue weighted by Gasteiger charge is -2.36. The highest BCUT2D eigenvalue weighted by atomic mass is 32.2. The lowest BCUT2D eigenvalue weighted by molar-refractivity contribution is -0.117. The van der Waals surface area contributed by atoms with Crippen molar-refractivity contribution < 1.29 is 13.9 Å². The van der Waals surface area contributed by atoms with E-state index >= 15 is 0 Å². The Labute approximate surface area is 205 Å². The summed E-state index contributed by atoms with van der Waals surface area (Å²) in [6, 6.07) is 6.42. The number of rotatable bonds is 7.